The number of carbonyl (C=O) groups excluding carboxylic acids is 1. The molecule has 5 nitrogen and oxygen atoms in total. The quantitative estimate of drug-likeness (QED) is 0.819. The first-order valence-corrected chi connectivity index (χ1v) is 8.51. The maximum Gasteiger partial charge on any atom is 0.407 e. The van der Waals surface area contributed by atoms with Gasteiger partial charge < -0.3 is 20.3 Å². The molecule has 1 heterocycles. The van der Waals surface area contributed by atoms with Crippen molar-refractivity contribution < 1.29 is 9.53 Å². The highest BCUT2D eigenvalue weighted by Crippen LogP contribution is 2.20. The van der Waals surface area contributed by atoms with Crippen molar-refractivity contribution in [3.63, 3.8) is 0 Å². The van der Waals surface area contributed by atoms with Crippen LogP contribution in [-0.2, 0) is 4.74 Å². The lowest BCUT2D eigenvalue weighted by Gasteiger charge is -2.40. The zero-order chi connectivity index (χ0) is 16.9. The first-order chi connectivity index (χ1) is 10.1. The first kappa shape index (κ1) is 19.2. The summed E-state index contributed by atoms with van der Waals surface area (Å²) in [7, 11) is 2.20. The van der Waals surface area contributed by atoms with Crippen LogP contribution in [-0.4, -0.2) is 54.9 Å². The summed E-state index contributed by atoms with van der Waals surface area (Å²) in [5.41, 5.74) is -0.443. The predicted molar refractivity (Wildman–Crippen MR) is 91.1 cm³/mol. The van der Waals surface area contributed by atoms with Gasteiger partial charge in [0.15, 0.2) is 0 Å². The van der Waals surface area contributed by atoms with Gasteiger partial charge >= 0.3 is 6.09 Å². The van der Waals surface area contributed by atoms with Crippen LogP contribution in [0.25, 0.3) is 0 Å². The number of rotatable bonds is 5. The maximum absolute atomic E-state index is 11.7. The normalized spacial score (nSPS) is 28.2. The number of likely N-dealkylation sites (tertiary alicyclic amines) is 1. The molecule has 1 amide bonds. The molecule has 1 rings (SSSR count). The number of hydrogen-bond acceptors (Lipinski definition) is 4. The SMILES string of the molecule is CC(CCNC1CC(C)N(C)CC1C)NC(=O)OC(C)(C)C. The van der Waals surface area contributed by atoms with Gasteiger partial charge in [0, 0.05) is 24.7 Å². The van der Waals surface area contributed by atoms with Crippen molar-refractivity contribution in [2.24, 2.45) is 5.92 Å². The molecule has 5 heteroatoms. The molecule has 0 saturated carbocycles. The molecule has 0 bridgehead atoms. The van der Waals surface area contributed by atoms with Crippen LogP contribution in [0.4, 0.5) is 4.79 Å². The van der Waals surface area contributed by atoms with Crippen molar-refractivity contribution in [2.45, 2.75) is 78.1 Å². The Morgan fingerprint density at radius 2 is 2.00 bits per heavy atom. The van der Waals surface area contributed by atoms with E-state index < -0.39 is 5.60 Å². The lowest BCUT2D eigenvalue weighted by Crippen LogP contribution is -2.51. The second kappa shape index (κ2) is 8.16. The third-order valence-electron chi connectivity index (χ3n) is 4.36. The van der Waals surface area contributed by atoms with Gasteiger partial charge in [-0.05, 0) is 67.0 Å². The molecule has 0 aromatic rings. The fourth-order valence-corrected chi connectivity index (χ4v) is 2.89. The van der Waals surface area contributed by atoms with Crippen LogP contribution in [0.2, 0.25) is 0 Å². The van der Waals surface area contributed by atoms with E-state index in [4.69, 9.17) is 4.74 Å². The van der Waals surface area contributed by atoms with Gasteiger partial charge in [0.25, 0.3) is 0 Å². The van der Waals surface area contributed by atoms with E-state index in [1.807, 2.05) is 27.7 Å². The van der Waals surface area contributed by atoms with E-state index in [1.54, 1.807) is 0 Å². The summed E-state index contributed by atoms with van der Waals surface area (Å²) in [4.78, 5) is 14.1. The summed E-state index contributed by atoms with van der Waals surface area (Å²) in [6.07, 6.45) is 1.76. The molecule has 1 fully saturated rings. The van der Waals surface area contributed by atoms with Gasteiger partial charge in [-0.3, -0.25) is 0 Å². The molecule has 0 aliphatic carbocycles. The fraction of sp³-hybridized carbons (Fsp3) is 0.941. The summed E-state index contributed by atoms with van der Waals surface area (Å²) in [5.74, 6) is 0.662. The van der Waals surface area contributed by atoms with Crippen LogP contribution in [0, 0.1) is 5.92 Å². The van der Waals surface area contributed by atoms with Crippen LogP contribution >= 0.6 is 0 Å². The molecule has 0 radical (unpaired) electrons. The third kappa shape index (κ3) is 6.97. The Hall–Kier alpha value is -0.810. The van der Waals surface area contributed by atoms with Gasteiger partial charge in [0.1, 0.15) is 5.60 Å². The van der Waals surface area contributed by atoms with Crippen molar-refractivity contribution in [3.05, 3.63) is 0 Å². The number of amides is 1. The molecule has 22 heavy (non-hydrogen) atoms. The molecule has 0 aromatic heterocycles. The molecular formula is C17H35N3O2. The van der Waals surface area contributed by atoms with E-state index >= 15 is 0 Å². The van der Waals surface area contributed by atoms with Gasteiger partial charge in [-0.2, -0.15) is 0 Å². The van der Waals surface area contributed by atoms with E-state index in [2.05, 4.69) is 36.4 Å². The number of nitrogens with one attached hydrogen (secondary N) is 2. The van der Waals surface area contributed by atoms with Crippen molar-refractivity contribution in [1.82, 2.24) is 15.5 Å². The number of hydrogen-bond donors (Lipinski definition) is 2. The number of alkyl carbamates (subject to hydrolysis) is 1. The summed E-state index contributed by atoms with van der Waals surface area (Å²) in [5, 5.41) is 6.55. The molecule has 4 unspecified atom stereocenters. The van der Waals surface area contributed by atoms with Gasteiger partial charge in [0.05, 0.1) is 0 Å². The van der Waals surface area contributed by atoms with Crippen LogP contribution in [0.3, 0.4) is 0 Å². The molecular weight excluding hydrogens is 278 g/mol. The smallest absolute Gasteiger partial charge is 0.407 e. The minimum atomic E-state index is -0.443. The highest BCUT2D eigenvalue weighted by Gasteiger charge is 2.28. The topological polar surface area (TPSA) is 53.6 Å². The lowest BCUT2D eigenvalue weighted by molar-refractivity contribution is 0.0505. The van der Waals surface area contributed by atoms with E-state index in [0.717, 1.165) is 19.5 Å². The zero-order valence-corrected chi connectivity index (χ0v) is 15.4. The van der Waals surface area contributed by atoms with Crippen LogP contribution in [0.15, 0.2) is 0 Å². The van der Waals surface area contributed by atoms with Gasteiger partial charge in [-0.15, -0.1) is 0 Å². The molecule has 1 aliphatic heterocycles. The van der Waals surface area contributed by atoms with Crippen LogP contribution in [0.1, 0.15) is 54.4 Å². The Morgan fingerprint density at radius 1 is 1.36 bits per heavy atom. The Kier molecular flexibility index (Phi) is 7.13. The molecule has 130 valence electrons. The lowest BCUT2D eigenvalue weighted by atomic mass is 9.90. The van der Waals surface area contributed by atoms with E-state index in [1.165, 1.54) is 6.42 Å². The summed E-state index contributed by atoms with van der Waals surface area (Å²) < 4.78 is 5.27. The van der Waals surface area contributed by atoms with Crippen LogP contribution in [0.5, 0.6) is 0 Å². The van der Waals surface area contributed by atoms with Crippen LogP contribution < -0.4 is 10.6 Å². The van der Waals surface area contributed by atoms with E-state index in [-0.39, 0.29) is 12.1 Å². The fourth-order valence-electron chi connectivity index (χ4n) is 2.89. The Labute approximate surface area is 136 Å². The summed E-state index contributed by atoms with van der Waals surface area (Å²) in [6.45, 7) is 14.3. The molecule has 2 N–H and O–H groups in total. The zero-order valence-electron chi connectivity index (χ0n) is 15.4. The predicted octanol–water partition coefficient (Wildman–Crippen LogP) is 2.61. The van der Waals surface area contributed by atoms with Crippen molar-refractivity contribution in [1.29, 1.82) is 0 Å². The molecule has 1 saturated heterocycles. The number of nitrogens with zero attached hydrogens (tertiary/aromatic N) is 1. The Bertz CT molecular complexity index is 354. The summed E-state index contributed by atoms with van der Waals surface area (Å²) >= 11 is 0. The molecule has 0 aromatic carbocycles. The highest BCUT2D eigenvalue weighted by molar-refractivity contribution is 5.67. The summed E-state index contributed by atoms with van der Waals surface area (Å²) in [6, 6.07) is 1.31. The second-order valence-electron chi connectivity index (χ2n) is 7.90. The number of carbonyl (C=O) groups is 1. The highest BCUT2D eigenvalue weighted by atomic mass is 16.6. The minimum Gasteiger partial charge on any atom is -0.444 e. The van der Waals surface area contributed by atoms with Gasteiger partial charge in [-0.1, -0.05) is 6.92 Å². The average Bonchev–Trinajstić information content (AvgIpc) is 2.32. The maximum atomic E-state index is 11.7. The largest absolute Gasteiger partial charge is 0.444 e. The standard InChI is InChI=1S/C17H35N3O2/c1-12-11-20(7)14(3)10-15(12)18-9-8-13(2)19-16(21)22-17(4,5)6/h12-15,18H,8-11H2,1-7H3,(H,19,21). The average molecular weight is 313 g/mol. The van der Waals surface area contributed by atoms with E-state index in [0.29, 0.717) is 18.0 Å². The van der Waals surface area contributed by atoms with Crippen molar-refractivity contribution in [2.75, 3.05) is 20.1 Å². The monoisotopic (exact) mass is 313 g/mol. The molecule has 0 spiro atoms. The van der Waals surface area contributed by atoms with Gasteiger partial charge in [0.2, 0.25) is 0 Å². The van der Waals surface area contributed by atoms with Crippen molar-refractivity contribution in [3.8, 4) is 0 Å². The number of piperidine rings is 1. The first-order valence-electron chi connectivity index (χ1n) is 8.51. The molecule has 1 aliphatic rings. The number of ether oxygens (including phenoxy) is 1. The second-order valence-corrected chi connectivity index (χ2v) is 7.90. The Morgan fingerprint density at radius 3 is 2.59 bits per heavy atom. The minimum absolute atomic E-state index is 0.112. The van der Waals surface area contributed by atoms with E-state index in [9.17, 15) is 4.79 Å². The molecule has 4 atom stereocenters. The Balaban J connectivity index is 2.24. The third-order valence-corrected chi connectivity index (χ3v) is 4.36. The van der Waals surface area contributed by atoms with Crippen molar-refractivity contribution >= 4 is 6.09 Å². The van der Waals surface area contributed by atoms with Gasteiger partial charge in [-0.25, -0.2) is 4.79 Å².